The van der Waals surface area contributed by atoms with Gasteiger partial charge in [-0.1, -0.05) is 18.2 Å². The Kier molecular flexibility index (Phi) is 4.45. The third kappa shape index (κ3) is 3.46. The number of aromatic nitrogens is 3. The van der Waals surface area contributed by atoms with Crippen LogP contribution < -0.4 is 5.43 Å². The quantitative estimate of drug-likeness (QED) is 0.450. The fraction of sp³-hybridized carbons (Fsp3) is 0.0476. The number of rotatable bonds is 4. The van der Waals surface area contributed by atoms with Gasteiger partial charge in [0, 0.05) is 36.6 Å². The van der Waals surface area contributed by atoms with Crippen molar-refractivity contribution in [3.63, 3.8) is 0 Å². The van der Waals surface area contributed by atoms with Crippen LogP contribution in [0.1, 0.15) is 16.1 Å². The highest BCUT2D eigenvalue weighted by molar-refractivity contribution is 6.07. The summed E-state index contributed by atoms with van der Waals surface area (Å²) in [5.41, 5.74) is 6.40. The topological polar surface area (TPSA) is 72.2 Å². The first-order valence-corrected chi connectivity index (χ1v) is 8.47. The molecule has 132 valence electrons. The van der Waals surface area contributed by atoms with E-state index in [4.69, 9.17) is 0 Å². The summed E-state index contributed by atoms with van der Waals surface area (Å²) in [6, 6.07) is 16.9. The van der Waals surface area contributed by atoms with Crippen molar-refractivity contribution in [1.29, 1.82) is 0 Å². The summed E-state index contributed by atoms with van der Waals surface area (Å²) in [7, 11) is 1.92. The lowest BCUT2D eigenvalue weighted by molar-refractivity contribution is 0.0956. The molecule has 3 aromatic heterocycles. The number of hydrogen-bond acceptors (Lipinski definition) is 4. The number of carbonyl (C=O) groups is 1. The molecule has 0 radical (unpaired) electrons. The molecule has 0 unspecified atom stereocenters. The molecule has 0 bridgehead atoms. The fourth-order valence-corrected chi connectivity index (χ4v) is 2.86. The van der Waals surface area contributed by atoms with Crippen LogP contribution in [0.25, 0.3) is 22.2 Å². The van der Waals surface area contributed by atoms with Gasteiger partial charge >= 0.3 is 0 Å². The molecule has 1 amide bonds. The molecule has 0 saturated carbocycles. The minimum atomic E-state index is -0.283. The van der Waals surface area contributed by atoms with E-state index in [0.717, 1.165) is 22.2 Å². The number of hydrogen-bond donors (Lipinski definition) is 1. The van der Waals surface area contributed by atoms with Gasteiger partial charge in [0.25, 0.3) is 5.91 Å². The van der Waals surface area contributed by atoms with Crippen LogP contribution in [0.2, 0.25) is 0 Å². The van der Waals surface area contributed by atoms with E-state index in [2.05, 4.69) is 20.5 Å². The van der Waals surface area contributed by atoms with Gasteiger partial charge in [0.15, 0.2) is 0 Å². The highest BCUT2D eigenvalue weighted by Crippen LogP contribution is 2.24. The van der Waals surface area contributed by atoms with E-state index in [1.807, 2.05) is 66.3 Å². The summed E-state index contributed by atoms with van der Waals surface area (Å²) >= 11 is 0. The number of carbonyl (C=O) groups excluding carboxylic acids is 1. The summed E-state index contributed by atoms with van der Waals surface area (Å²) < 4.78 is 1.92. The van der Waals surface area contributed by atoms with Crippen molar-refractivity contribution >= 4 is 23.0 Å². The Bertz CT molecular complexity index is 1130. The predicted octanol–water partition coefficient (Wildman–Crippen LogP) is 3.40. The van der Waals surface area contributed by atoms with E-state index in [9.17, 15) is 4.79 Å². The molecule has 0 aliphatic rings. The van der Waals surface area contributed by atoms with Crippen LogP contribution in [0.15, 0.2) is 78.3 Å². The monoisotopic (exact) mass is 355 g/mol. The first-order chi connectivity index (χ1) is 13.2. The molecule has 1 N–H and O–H groups in total. The fourth-order valence-electron chi connectivity index (χ4n) is 2.86. The van der Waals surface area contributed by atoms with Crippen LogP contribution in [-0.4, -0.2) is 26.7 Å². The molecule has 3 heterocycles. The van der Waals surface area contributed by atoms with Gasteiger partial charge < -0.3 is 4.57 Å². The first-order valence-electron chi connectivity index (χ1n) is 8.47. The minimum Gasteiger partial charge on any atom is -0.350 e. The van der Waals surface area contributed by atoms with Crippen LogP contribution in [0.4, 0.5) is 0 Å². The maximum atomic E-state index is 12.8. The number of hydrazone groups is 1. The Balaban J connectivity index is 1.70. The molecule has 0 aliphatic heterocycles. The molecule has 0 spiro atoms. The average Bonchev–Trinajstić information content (AvgIpc) is 3.12. The Morgan fingerprint density at radius 1 is 1.11 bits per heavy atom. The molecule has 0 atom stereocenters. The number of fused-ring (bicyclic) bond motifs is 1. The number of para-hydroxylation sites is 1. The summed E-state index contributed by atoms with van der Waals surface area (Å²) in [5, 5.41) is 4.86. The molecule has 4 rings (SSSR count). The van der Waals surface area contributed by atoms with Crippen molar-refractivity contribution in [2.45, 2.75) is 0 Å². The first kappa shape index (κ1) is 16.7. The van der Waals surface area contributed by atoms with Gasteiger partial charge in [-0.05, 0) is 36.4 Å². The summed E-state index contributed by atoms with van der Waals surface area (Å²) in [6.07, 6.45) is 6.94. The lowest BCUT2D eigenvalue weighted by Gasteiger charge is -2.09. The molecule has 6 nitrogen and oxygen atoms in total. The maximum Gasteiger partial charge on any atom is 0.272 e. The van der Waals surface area contributed by atoms with Crippen molar-refractivity contribution < 1.29 is 4.79 Å². The zero-order valence-corrected chi connectivity index (χ0v) is 14.7. The van der Waals surface area contributed by atoms with E-state index in [0.29, 0.717) is 11.3 Å². The molecule has 1 aromatic carbocycles. The second-order valence-corrected chi connectivity index (χ2v) is 6.05. The van der Waals surface area contributed by atoms with Crippen LogP contribution in [-0.2, 0) is 7.05 Å². The summed E-state index contributed by atoms with van der Waals surface area (Å²) in [4.78, 5) is 21.5. The molecule has 4 aromatic rings. The molecule has 0 saturated heterocycles. The molecule has 0 fully saturated rings. The number of nitrogens with zero attached hydrogens (tertiary/aromatic N) is 4. The molecule has 27 heavy (non-hydrogen) atoms. The van der Waals surface area contributed by atoms with Gasteiger partial charge in [-0.25, -0.2) is 10.4 Å². The van der Waals surface area contributed by atoms with Crippen molar-refractivity contribution in [1.82, 2.24) is 20.0 Å². The highest BCUT2D eigenvalue weighted by Gasteiger charge is 2.13. The van der Waals surface area contributed by atoms with Crippen molar-refractivity contribution in [3.8, 4) is 11.3 Å². The number of pyridine rings is 2. The standard InChI is InChI=1S/C21H17N5O/c1-26-12-4-5-16(26)14-23-25-21(27)18-13-20(15-8-10-22-11-9-15)24-19-7-3-2-6-17(18)19/h2-14H,1H3,(H,25,27)/b23-14+. The van der Waals surface area contributed by atoms with Crippen LogP contribution >= 0.6 is 0 Å². The van der Waals surface area contributed by atoms with Gasteiger partial charge in [0.05, 0.1) is 28.7 Å². The minimum absolute atomic E-state index is 0.283. The van der Waals surface area contributed by atoms with Crippen LogP contribution in [0.3, 0.4) is 0 Å². The van der Waals surface area contributed by atoms with Crippen molar-refractivity contribution in [3.05, 3.63) is 84.4 Å². The smallest absolute Gasteiger partial charge is 0.272 e. The second kappa shape index (κ2) is 7.21. The Labute approximate surface area is 156 Å². The van der Waals surface area contributed by atoms with E-state index < -0.39 is 0 Å². The Hall–Kier alpha value is -3.80. The number of nitrogens with one attached hydrogen (secondary N) is 1. The third-order valence-electron chi connectivity index (χ3n) is 4.28. The van der Waals surface area contributed by atoms with Gasteiger partial charge in [0.2, 0.25) is 0 Å². The normalized spacial score (nSPS) is 11.1. The van der Waals surface area contributed by atoms with E-state index >= 15 is 0 Å². The summed E-state index contributed by atoms with van der Waals surface area (Å²) in [6.45, 7) is 0. The predicted molar refractivity (Wildman–Crippen MR) is 105 cm³/mol. The van der Waals surface area contributed by atoms with Crippen molar-refractivity contribution in [2.24, 2.45) is 12.1 Å². The van der Waals surface area contributed by atoms with Crippen molar-refractivity contribution in [2.75, 3.05) is 0 Å². The van der Waals surface area contributed by atoms with Gasteiger partial charge in [0.1, 0.15) is 0 Å². The number of amides is 1. The lowest BCUT2D eigenvalue weighted by atomic mass is 10.0. The molecular formula is C21H17N5O. The third-order valence-corrected chi connectivity index (χ3v) is 4.28. The van der Waals surface area contributed by atoms with E-state index in [1.54, 1.807) is 24.7 Å². The van der Waals surface area contributed by atoms with Gasteiger partial charge in [-0.2, -0.15) is 5.10 Å². The Morgan fingerprint density at radius 3 is 2.70 bits per heavy atom. The molecule has 0 aliphatic carbocycles. The van der Waals surface area contributed by atoms with E-state index in [1.165, 1.54) is 0 Å². The SMILES string of the molecule is Cn1cccc1/C=N/NC(=O)c1cc(-c2ccncc2)nc2ccccc12. The largest absolute Gasteiger partial charge is 0.350 e. The van der Waals surface area contributed by atoms with E-state index in [-0.39, 0.29) is 5.91 Å². The number of aryl methyl sites for hydroxylation is 1. The summed E-state index contributed by atoms with van der Waals surface area (Å²) in [5.74, 6) is -0.283. The maximum absolute atomic E-state index is 12.8. The lowest BCUT2D eigenvalue weighted by Crippen LogP contribution is -2.18. The molecular weight excluding hydrogens is 338 g/mol. The highest BCUT2D eigenvalue weighted by atomic mass is 16.2. The van der Waals surface area contributed by atoms with Gasteiger partial charge in [-0.15, -0.1) is 0 Å². The average molecular weight is 355 g/mol. The zero-order valence-electron chi connectivity index (χ0n) is 14.7. The zero-order chi connectivity index (χ0) is 18.6. The second-order valence-electron chi connectivity index (χ2n) is 6.05. The van der Waals surface area contributed by atoms with Gasteiger partial charge in [-0.3, -0.25) is 9.78 Å². The Morgan fingerprint density at radius 2 is 1.93 bits per heavy atom. The molecule has 6 heteroatoms. The van der Waals surface area contributed by atoms with Crippen LogP contribution in [0.5, 0.6) is 0 Å². The number of benzene rings is 1. The van der Waals surface area contributed by atoms with Crippen LogP contribution in [0, 0.1) is 0 Å².